The van der Waals surface area contributed by atoms with E-state index in [1.807, 2.05) is 48.5 Å². The number of nitrogens with zero attached hydrogens (tertiary/aromatic N) is 1. The largest absolute Gasteiger partial charge is 0.339 e. The molecule has 1 aliphatic heterocycles. The maximum absolute atomic E-state index is 13.6. The third-order valence-electron chi connectivity index (χ3n) is 6.00. The van der Waals surface area contributed by atoms with Gasteiger partial charge in [-0.3, -0.25) is 14.7 Å². The zero-order valence-corrected chi connectivity index (χ0v) is 18.0. The number of nitrogens with one attached hydrogen (secondary N) is 2. The van der Waals surface area contributed by atoms with Gasteiger partial charge in [-0.15, -0.1) is 0 Å². The summed E-state index contributed by atoms with van der Waals surface area (Å²) in [5.41, 5.74) is 4.17. The minimum absolute atomic E-state index is 0.114. The minimum Gasteiger partial charge on any atom is -0.339 e. The van der Waals surface area contributed by atoms with Gasteiger partial charge in [-0.25, -0.2) is 4.68 Å². The average molecular weight is 460 g/mol. The van der Waals surface area contributed by atoms with Crippen LogP contribution in [0.2, 0.25) is 10.0 Å². The Hall–Kier alpha value is -3.54. The normalized spacial score (nSPS) is 16.4. The summed E-state index contributed by atoms with van der Waals surface area (Å²) in [5, 5.41) is 7.39. The lowest BCUT2D eigenvalue weighted by molar-refractivity contribution is 0.103. The zero-order valence-electron chi connectivity index (χ0n) is 16.5. The van der Waals surface area contributed by atoms with Gasteiger partial charge in [0.25, 0.3) is 5.56 Å². The van der Waals surface area contributed by atoms with Crippen molar-refractivity contribution in [1.29, 1.82) is 0 Å². The van der Waals surface area contributed by atoms with E-state index >= 15 is 0 Å². The monoisotopic (exact) mass is 459 g/mol. The number of H-pyrrole nitrogens is 1. The van der Waals surface area contributed by atoms with Crippen LogP contribution in [-0.4, -0.2) is 15.6 Å². The van der Waals surface area contributed by atoms with Gasteiger partial charge in [0.2, 0.25) is 0 Å². The molecule has 0 amide bonds. The molecule has 6 rings (SSSR count). The fourth-order valence-electron chi connectivity index (χ4n) is 4.60. The summed E-state index contributed by atoms with van der Waals surface area (Å²) < 4.78 is 1.48. The van der Waals surface area contributed by atoms with Crippen LogP contribution in [0.4, 0.5) is 5.82 Å². The number of carbonyl (C=O) groups excluding carboxylic acids is 1. The van der Waals surface area contributed by atoms with Crippen molar-refractivity contribution in [1.82, 2.24) is 9.78 Å². The Balaban J connectivity index is 1.65. The number of hydrogen-bond donors (Lipinski definition) is 2. The molecule has 0 spiro atoms. The molecule has 0 fully saturated rings. The van der Waals surface area contributed by atoms with Gasteiger partial charge in [0.05, 0.1) is 22.9 Å². The number of halogens is 2. The van der Waals surface area contributed by atoms with E-state index in [4.69, 9.17) is 23.2 Å². The molecule has 156 valence electrons. The lowest BCUT2D eigenvalue weighted by atomic mass is 9.82. The summed E-state index contributed by atoms with van der Waals surface area (Å²) in [6.45, 7) is 0. The maximum Gasteiger partial charge on any atom is 0.277 e. The van der Waals surface area contributed by atoms with Crippen LogP contribution < -0.4 is 10.9 Å². The van der Waals surface area contributed by atoms with E-state index in [0.29, 0.717) is 49.5 Å². The number of aromatic nitrogens is 2. The molecule has 2 N–H and O–H groups in total. The highest BCUT2D eigenvalue weighted by Crippen LogP contribution is 2.49. The van der Waals surface area contributed by atoms with Gasteiger partial charge in [0.15, 0.2) is 5.78 Å². The topological polar surface area (TPSA) is 66.9 Å². The van der Waals surface area contributed by atoms with Crippen LogP contribution in [0.3, 0.4) is 0 Å². The highest BCUT2D eigenvalue weighted by atomic mass is 35.5. The highest BCUT2D eigenvalue weighted by molar-refractivity contribution is 6.35. The van der Waals surface area contributed by atoms with Gasteiger partial charge in [0.1, 0.15) is 5.82 Å². The van der Waals surface area contributed by atoms with Crippen molar-refractivity contribution in [2.24, 2.45) is 0 Å². The second-order valence-corrected chi connectivity index (χ2v) is 8.61. The first-order chi connectivity index (χ1) is 15.5. The summed E-state index contributed by atoms with van der Waals surface area (Å²) in [6.07, 6.45) is 0. The maximum atomic E-state index is 13.6. The quantitative estimate of drug-likeness (QED) is 0.407. The molecule has 1 unspecified atom stereocenters. The van der Waals surface area contributed by atoms with Crippen LogP contribution in [0.5, 0.6) is 0 Å². The van der Waals surface area contributed by atoms with E-state index < -0.39 is 5.92 Å². The standard InChI is InChI=1S/C25H15Cl2N3O2/c26-13-10-11-17(18(27)12-13)19-20-22(15-8-4-5-9-16(15)23(20)31)28-24-21(19)25(32)30(29-24)14-6-2-1-3-7-14/h1-12,19,28-29H. The Morgan fingerprint density at radius 1 is 0.844 bits per heavy atom. The Morgan fingerprint density at radius 2 is 1.56 bits per heavy atom. The number of aromatic amines is 1. The Bertz CT molecular complexity index is 1520. The summed E-state index contributed by atoms with van der Waals surface area (Å²) in [6, 6.07) is 21.9. The van der Waals surface area contributed by atoms with Crippen LogP contribution in [-0.2, 0) is 0 Å². The van der Waals surface area contributed by atoms with E-state index in [0.717, 1.165) is 5.56 Å². The van der Waals surface area contributed by atoms with Crippen molar-refractivity contribution in [3.63, 3.8) is 0 Å². The highest BCUT2D eigenvalue weighted by Gasteiger charge is 2.43. The number of para-hydroxylation sites is 1. The van der Waals surface area contributed by atoms with E-state index in [2.05, 4.69) is 10.4 Å². The minimum atomic E-state index is -0.639. The molecule has 7 heteroatoms. The Labute approximate surface area is 192 Å². The third-order valence-corrected chi connectivity index (χ3v) is 6.56. The van der Waals surface area contributed by atoms with Crippen molar-refractivity contribution in [2.75, 3.05) is 5.32 Å². The van der Waals surface area contributed by atoms with Crippen molar-refractivity contribution in [3.05, 3.63) is 121 Å². The van der Waals surface area contributed by atoms with Crippen LogP contribution in [0.25, 0.3) is 11.4 Å². The lowest BCUT2D eigenvalue weighted by Crippen LogP contribution is -2.25. The number of hydrogen-bond acceptors (Lipinski definition) is 3. The van der Waals surface area contributed by atoms with Crippen LogP contribution in [0, 0.1) is 0 Å². The molecule has 0 saturated heterocycles. The van der Waals surface area contributed by atoms with Crippen molar-refractivity contribution in [2.45, 2.75) is 5.92 Å². The summed E-state index contributed by atoms with van der Waals surface area (Å²) in [5.74, 6) is -0.214. The van der Waals surface area contributed by atoms with Gasteiger partial charge in [-0.05, 0) is 29.8 Å². The van der Waals surface area contributed by atoms with Crippen molar-refractivity contribution < 1.29 is 4.79 Å². The number of allylic oxidation sites excluding steroid dienone is 1. The molecule has 0 saturated carbocycles. The number of anilines is 1. The molecular formula is C25H15Cl2N3O2. The second-order valence-electron chi connectivity index (χ2n) is 7.76. The SMILES string of the molecule is O=C1C2=C(Nc3[nH]n(-c4ccccc4)c(=O)c3C2c2ccc(Cl)cc2Cl)c2ccccc21. The Morgan fingerprint density at radius 3 is 2.31 bits per heavy atom. The van der Waals surface area contributed by atoms with E-state index in [1.165, 1.54) is 4.68 Å². The van der Waals surface area contributed by atoms with Gasteiger partial charge in [-0.2, -0.15) is 0 Å². The second kappa shape index (κ2) is 6.99. The number of rotatable bonds is 2. The molecule has 0 bridgehead atoms. The number of fused-ring (bicyclic) bond motifs is 3. The molecule has 3 aromatic carbocycles. The van der Waals surface area contributed by atoms with Gasteiger partial charge in [-0.1, -0.05) is 71.7 Å². The lowest BCUT2D eigenvalue weighted by Gasteiger charge is -2.25. The first-order valence-electron chi connectivity index (χ1n) is 10.0. The molecule has 0 radical (unpaired) electrons. The van der Waals surface area contributed by atoms with Gasteiger partial charge >= 0.3 is 0 Å². The molecule has 4 aromatic rings. The molecule has 1 aliphatic carbocycles. The fraction of sp³-hybridized carbons (Fsp3) is 0.0400. The Kier molecular flexibility index (Phi) is 4.18. The number of carbonyl (C=O) groups is 1. The van der Waals surface area contributed by atoms with E-state index in [9.17, 15) is 9.59 Å². The molecular weight excluding hydrogens is 445 g/mol. The van der Waals surface area contributed by atoms with E-state index in [-0.39, 0.29) is 11.3 Å². The number of Topliss-reactive ketones (excluding diaryl/α,β-unsaturated/α-hetero) is 1. The fourth-order valence-corrected chi connectivity index (χ4v) is 5.12. The molecule has 32 heavy (non-hydrogen) atoms. The average Bonchev–Trinajstić information content (AvgIpc) is 3.28. The first kappa shape index (κ1) is 19.2. The summed E-state index contributed by atoms with van der Waals surface area (Å²) in [4.78, 5) is 27.1. The zero-order chi connectivity index (χ0) is 22.0. The van der Waals surface area contributed by atoms with Crippen LogP contribution in [0.1, 0.15) is 33.0 Å². The van der Waals surface area contributed by atoms with Crippen molar-refractivity contribution >= 4 is 40.5 Å². The first-order valence-corrected chi connectivity index (χ1v) is 10.8. The van der Waals surface area contributed by atoms with Crippen LogP contribution in [0.15, 0.2) is 83.2 Å². The van der Waals surface area contributed by atoms with Gasteiger partial charge in [0, 0.05) is 26.7 Å². The molecule has 2 heterocycles. The number of ketones is 1. The number of benzene rings is 3. The molecule has 5 nitrogen and oxygen atoms in total. The van der Waals surface area contributed by atoms with E-state index in [1.54, 1.807) is 24.3 Å². The third kappa shape index (κ3) is 2.65. The predicted molar refractivity (Wildman–Crippen MR) is 126 cm³/mol. The molecule has 1 atom stereocenters. The smallest absolute Gasteiger partial charge is 0.277 e. The van der Waals surface area contributed by atoms with Crippen LogP contribution >= 0.6 is 23.2 Å². The van der Waals surface area contributed by atoms with Crippen molar-refractivity contribution in [3.8, 4) is 5.69 Å². The summed E-state index contributed by atoms with van der Waals surface area (Å²) in [7, 11) is 0. The summed E-state index contributed by atoms with van der Waals surface area (Å²) >= 11 is 12.7. The van der Waals surface area contributed by atoms with Gasteiger partial charge < -0.3 is 5.32 Å². The molecule has 2 aliphatic rings. The predicted octanol–water partition coefficient (Wildman–Crippen LogP) is 5.64. The molecule has 1 aromatic heterocycles.